The molecule has 0 radical (unpaired) electrons. The van der Waals surface area contributed by atoms with E-state index in [4.69, 9.17) is 0 Å². The number of fused-ring (bicyclic) bond motifs is 1. The number of carbonyl (C=O) groups is 1. The molecule has 0 aliphatic carbocycles. The third kappa shape index (κ3) is 6.59. The monoisotopic (exact) mass is 642 g/mol. The Morgan fingerprint density at radius 3 is 2.04 bits per heavy atom. The SMILES string of the molecule is CCC(Sc1nc2ccccc2c(=O)n1-c1cccc(C(F)(F)F)c1)C(=O)N1CCN(C(c2ccccc2)c2ccccc2)CC1. The van der Waals surface area contributed by atoms with Crippen LogP contribution in [0.1, 0.15) is 36.1 Å². The quantitative estimate of drug-likeness (QED) is 0.132. The normalized spacial score (nSPS) is 14.9. The van der Waals surface area contributed by atoms with Crippen molar-refractivity contribution in [3.05, 3.63) is 136 Å². The van der Waals surface area contributed by atoms with Crippen molar-refractivity contribution in [1.82, 2.24) is 19.4 Å². The van der Waals surface area contributed by atoms with Gasteiger partial charge in [0.1, 0.15) is 0 Å². The molecule has 6 rings (SSSR count). The number of hydrogen-bond acceptors (Lipinski definition) is 5. The van der Waals surface area contributed by atoms with Gasteiger partial charge in [-0.1, -0.05) is 97.5 Å². The third-order valence-corrected chi connectivity index (χ3v) is 9.60. The van der Waals surface area contributed by atoms with Gasteiger partial charge in [0.15, 0.2) is 5.16 Å². The highest BCUT2D eigenvalue weighted by atomic mass is 32.2. The van der Waals surface area contributed by atoms with Crippen LogP contribution in [0.2, 0.25) is 0 Å². The molecule has 0 spiro atoms. The van der Waals surface area contributed by atoms with Gasteiger partial charge in [-0.3, -0.25) is 19.1 Å². The Labute approximate surface area is 269 Å². The average molecular weight is 643 g/mol. The van der Waals surface area contributed by atoms with Crippen LogP contribution < -0.4 is 5.56 Å². The van der Waals surface area contributed by atoms with E-state index in [9.17, 15) is 22.8 Å². The molecule has 1 aliphatic heterocycles. The van der Waals surface area contributed by atoms with E-state index >= 15 is 0 Å². The van der Waals surface area contributed by atoms with Crippen LogP contribution in [0.5, 0.6) is 0 Å². The van der Waals surface area contributed by atoms with Gasteiger partial charge >= 0.3 is 6.18 Å². The number of para-hydroxylation sites is 1. The van der Waals surface area contributed by atoms with Crippen molar-refractivity contribution in [1.29, 1.82) is 0 Å². The Morgan fingerprint density at radius 2 is 1.43 bits per heavy atom. The number of rotatable bonds is 8. The summed E-state index contributed by atoms with van der Waals surface area (Å²) in [6, 6.07) is 32.1. The number of carbonyl (C=O) groups excluding carboxylic acids is 1. The summed E-state index contributed by atoms with van der Waals surface area (Å²) < 4.78 is 42.1. The molecule has 10 heteroatoms. The van der Waals surface area contributed by atoms with Gasteiger partial charge in [0.25, 0.3) is 5.56 Å². The van der Waals surface area contributed by atoms with Crippen molar-refractivity contribution >= 4 is 28.6 Å². The molecule has 0 saturated carbocycles. The molecule has 46 heavy (non-hydrogen) atoms. The Hall–Kier alpha value is -4.41. The first kappa shape index (κ1) is 31.6. The minimum absolute atomic E-state index is 0.0457. The minimum atomic E-state index is -4.58. The molecule has 6 nitrogen and oxygen atoms in total. The van der Waals surface area contributed by atoms with Gasteiger partial charge in [-0.2, -0.15) is 13.2 Å². The Bertz CT molecular complexity index is 1830. The maximum atomic E-state index is 14.0. The summed E-state index contributed by atoms with van der Waals surface area (Å²) in [6.07, 6.45) is -4.13. The van der Waals surface area contributed by atoms with Gasteiger partial charge in [-0.25, -0.2) is 4.98 Å². The zero-order chi connectivity index (χ0) is 32.3. The van der Waals surface area contributed by atoms with E-state index < -0.39 is 22.5 Å². The standard InChI is InChI=1S/C36H33F3N4O2S/c1-2-31(34(45)42-22-20-41(21-23-42)32(25-12-5-3-6-13-25)26-14-7-4-8-15-26)46-35-40-30-19-10-9-18-29(30)33(44)43(35)28-17-11-16-27(24-28)36(37,38)39/h3-19,24,31-32H,2,20-23H2,1H3. The van der Waals surface area contributed by atoms with Crippen LogP contribution in [0.3, 0.4) is 0 Å². The molecule has 1 fully saturated rings. The highest BCUT2D eigenvalue weighted by molar-refractivity contribution is 8.00. The first-order valence-electron chi connectivity index (χ1n) is 15.2. The lowest BCUT2D eigenvalue weighted by atomic mass is 9.96. The molecule has 0 N–H and O–H groups in total. The van der Waals surface area contributed by atoms with Crippen LogP contribution in [-0.4, -0.2) is 56.7 Å². The Morgan fingerprint density at radius 1 is 0.826 bits per heavy atom. The largest absolute Gasteiger partial charge is 0.416 e. The molecular weight excluding hydrogens is 609 g/mol. The van der Waals surface area contributed by atoms with Gasteiger partial charge < -0.3 is 4.90 Å². The lowest BCUT2D eigenvalue weighted by Gasteiger charge is -2.40. The van der Waals surface area contributed by atoms with Crippen molar-refractivity contribution in [2.45, 2.75) is 36.0 Å². The first-order chi connectivity index (χ1) is 22.2. The van der Waals surface area contributed by atoms with Crippen LogP contribution in [-0.2, 0) is 11.0 Å². The molecule has 1 aliphatic rings. The highest BCUT2D eigenvalue weighted by Gasteiger charge is 2.33. The highest BCUT2D eigenvalue weighted by Crippen LogP contribution is 2.34. The maximum Gasteiger partial charge on any atom is 0.416 e. The van der Waals surface area contributed by atoms with Crippen molar-refractivity contribution in [3.63, 3.8) is 0 Å². The zero-order valence-corrected chi connectivity index (χ0v) is 26.0. The summed E-state index contributed by atoms with van der Waals surface area (Å²) in [7, 11) is 0. The lowest BCUT2D eigenvalue weighted by molar-refractivity contribution is -0.137. The fourth-order valence-electron chi connectivity index (χ4n) is 5.96. The number of thioether (sulfide) groups is 1. The molecule has 1 unspecified atom stereocenters. The van der Waals surface area contributed by atoms with Gasteiger partial charge in [0.2, 0.25) is 5.91 Å². The van der Waals surface area contributed by atoms with Crippen LogP contribution in [0.15, 0.2) is 119 Å². The number of piperazine rings is 1. The van der Waals surface area contributed by atoms with E-state index in [1.165, 1.54) is 27.8 Å². The van der Waals surface area contributed by atoms with Gasteiger partial charge in [0, 0.05) is 26.2 Å². The number of halogens is 3. The molecule has 1 amide bonds. The second-order valence-electron chi connectivity index (χ2n) is 11.2. The molecule has 4 aromatic carbocycles. The van der Waals surface area contributed by atoms with Crippen LogP contribution in [0.4, 0.5) is 13.2 Å². The summed E-state index contributed by atoms with van der Waals surface area (Å²) in [5, 5.41) is -0.128. The zero-order valence-electron chi connectivity index (χ0n) is 25.2. The second kappa shape index (κ2) is 13.5. The molecule has 1 saturated heterocycles. The predicted octanol–water partition coefficient (Wildman–Crippen LogP) is 7.21. The minimum Gasteiger partial charge on any atom is -0.339 e. The molecule has 236 valence electrons. The maximum absolute atomic E-state index is 14.0. The number of benzene rings is 4. The Balaban J connectivity index is 1.26. The summed E-state index contributed by atoms with van der Waals surface area (Å²) >= 11 is 1.12. The van der Waals surface area contributed by atoms with Gasteiger partial charge in [0.05, 0.1) is 33.4 Å². The van der Waals surface area contributed by atoms with Gasteiger partial charge in [-0.05, 0) is 47.9 Å². The van der Waals surface area contributed by atoms with Crippen molar-refractivity contribution < 1.29 is 18.0 Å². The molecule has 5 aromatic rings. The van der Waals surface area contributed by atoms with E-state index in [0.29, 0.717) is 38.1 Å². The summed E-state index contributed by atoms with van der Waals surface area (Å²) in [4.78, 5) is 36.6. The molecule has 2 heterocycles. The number of aromatic nitrogens is 2. The smallest absolute Gasteiger partial charge is 0.339 e. The molecule has 0 bridgehead atoms. The molecule has 1 aromatic heterocycles. The number of alkyl halides is 3. The van der Waals surface area contributed by atoms with E-state index in [-0.39, 0.29) is 28.2 Å². The molecular formula is C36H33F3N4O2S. The molecule has 1 atom stereocenters. The Kier molecular flexibility index (Phi) is 9.28. The van der Waals surface area contributed by atoms with Crippen LogP contribution in [0.25, 0.3) is 16.6 Å². The lowest BCUT2D eigenvalue weighted by Crippen LogP contribution is -2.51. The fourth-order valence-corrected chi connectivity index (χ4v) is 7.08. The van der Waals surface area contributed by atoms with E-state index in [2.05, 4.69) is 34.1 Å². The van der Waals surface area contributed by atoms with Crippen LogP contribution in [0, 0.1) is 0 Å². The fraction of sp³-hybridized carbons (Fsp3) is 0.250. The van der Waals surface area contributed by atoms with E-state index in [1.54, 1.807) is 24.3 Å². The second-order valence-corrected chi connectivity index (χ2v) is 12.4. The van der Waals surface area contributed by atoms with Crippen molar-refractivity contribution in [3.8, 4) is 5.69 Å². The number of hydrogen-bond donors (Lipinski definition) is 0. The average Bonchev–Trinajstić information content (AvgIpc) is 3.08. The van der Waals surface area contributed by atoms with E-state index in [1.807, 2.05) is 48.2 Å². The number of amides is 1. The van der Waals surface area contributed by atoms with Gasteiger partial charge in [-0.15, -0.1) is 0 Å². The summed E-state index contributed by atoms with van der Waals surface area (Å²) in [6.45, 7) is 4.28. The van der Waals surface area contributed by atoms with E-state index in [0.717, 1.165) is 23.9 Å². The van der Waals surface area contributed by atoms with Crippen LogP contribution >= 0.6 is 11.8 Å². The van der Waals surface area contributed by atoms with Crippen molar-refractivity contribution in [2.75, 3.05) is 26.2 Å². The predicted molar refractivity (Wildman–Crippen MR) is 175 cm³/mol. The third-order valence-electron chi connectivity index (χ3n) is 8.29. The van der Waals surface area contributed by atoms with Crippen molar-refractivity contribution in [2.24, 2.45) is 0 Å². The summed E-state index contributed by atoms with van der Waals surface area (Å²) in [5.41, 5.74) is 1.48. The first-order valence-corrected chi connectivity index (χ1v) is 16.1. The summed E-state index contributed by atoms with van der Waals surface area (Å²) in [5.74, 6) is -0.0823. The topological polar surface area (TPSA) is 58.4 Å². The number of nitrogens with zero attached hydrogens (tertiary/aromatic N) is 4.